The number of anilines is 2. The molecule has 0 spiro atoms. The number of aromatic nitrogens is 2. The van der Waals surface area contributed by atoms with Crippen molar-refractivity contribution in [3.05, 3.63) is 78.6 Å². The summed E-state index contributed by atoms with van der Waals surface area (Å²) in [7, 11) is 1.43. The Morgan fingerprint density at radius 1 is 1.10 bits per heavy atom. The van der Waals surface area contributed by atoms with Gasteiger partial charge in [0, 0.05) is 11.4 Å². The highest BCUT2D eigenvalue weighted by Gasteiger charge is 2.40. The van der Waals surface area contributed by atoms with Crippen LogP contribution in [0, 0.1) is 0 Å². The number of nitrogens with one attached hydrogen (secondary N) is 2. The van der Waals surface area contributed by atoms with Crippen LogP contribution in [-0.4, -0.2) is 28.7 Å². The van der Waals surface area contributed by atoms with Crippen molar-refractivity contribution in [2.75, 3.05) is 17.7 Å². The number of carbonyl (C=O) groups is 2. The van der Waals surface area contributed by atoms with E-state index in [1.807, 2.05) is 0 Å². The lowest BCUT2D eigenvalue weighted by Crippen LogP contribution is -2.20. The van der Waals surface area contributed by atoms with Crippen LogP contribution in [-0.2, 0) is 11.0 Å². The predicted molar refractivity (Wildman–Crippen MR) is 108 cm³/mol. The highest BCUT2D eigenvalue weighted by molar-refractivity contribution is 6.06. The summed E-state index contributed by atoms with van der Waals surface area (Å²) in [5.41, 5.74) is -1.22. The van der Waals surface area contributed by atoms with Gasteiger partial charge >= 0.3 is 6.18 Å². The van der Waals surface area contributed by atoms with Gasteiger partial charge in [0.2, 0.25) is 5.91 Å². The number of hydrogen-bond acceptors (Lipinski definition) is 4. The Hall–Kier alpha value is -4.08. The zero-order valence-electron chi connectivity index (χ0n) is 16.2. The van der Waals surface area contributed by atoms with Crippen LogP contribution in [0.5, 0.6) is 5.75 Å². The highest BCUT2D eigenvalue weighted by atomic mass is 19.4. The first kappa shape index (κ1) is 21.6. The SMILES string of the molecule is C=CC(=O)Nc1cccc(NC(=O)c2cnn(-c3ccc(OC)cc3)c2C(F)(F)F)c1. The molecule has 0 bridgehead atoms. The van der Waals surface area contributed by atoms with E-state index in [1.165, 1.54) is 49.6 Å². The van der Waals surface area contributed by atoms with Gasteiger partial charge in [-0.1, -0.05) is 12.6 Å². The van der Waals surface area contributed by atoms with Gasteiger partial charge < -0.3 is 15.4 Å². The van der Waals surface area contributed by atoms with Crippen molar-refractivity contribution >= 4 is 23.2 Å². The van der Waals surface area contributed by atoms with Crippen LogP contribution >= 0.6 is 0 Å². The molecule has 2 amide bonds. The van der Waals surface area contributed by atoms with Crippen molar-refractivity contribution < 1.29 is 27.5 Å². The molecule has 3 rings (SSSR count). The van der Waals surface area contributed by atoms with Gasteiger partial charge in [-0.05, 0) is 48.5 Å². The molecule has 0 fully saturated rings. The molecule has 160 valence electrons. The largest absolute Gasteiger partial charge is 0.497 e. The molecule has 0 aliphatic heterocycles. The fourth-order valence-corrected chi connectivity index (χ4v) is 2.77. The lowest BCUT2D eigenvalue weighted by Gasteiger charge is -2.13. The lowest BCUT2D eigenvalue weighted by molar-refractivity contribution is -0.143. The number of nitrogens with zero attached hydrogens (tertiary/aromatic N) is 2. The summed E-state index contributed by atoms with van der Waals surface area (Å²) in [5.74, 6) is -1.01. The molecular weight excluding hydrogens is 413 g/mol. The maximum atomic E-state index is 13.8. The summed E-state index contributed by atoms with van der Waals surface area (Å²) in [4.78, 5) is 24.0. The van der Waals surface area contributed by atoms with Gasteiger partial charge in [-0.2, -0.15) is 18.3 Å². The molecule has 0 aliphatic rings. The zero-order valence-corrected chi connectivity index (χ0v) is 16.2. The van der Waals surface area contributed by atoms with E-state index in [9.17, 15) is 22.8 Å². The average Bonchev–Trinajstić information content (AvgIpc) is 3.20. The molecule has 7 nitrogen and oxygen atoms in total. The first-order valence-corrected chi connectivity index (χ1v) is 8.87. The molecule has 10 heteroatoms. The highest BCUT2D eigenvalue weighted by Crippen LogP contribution is 2.34. The van der Waals surface area contributed by atoms with E-state index in [0.29, 0.717) is 16.1 Å². The molecular formula is C21H17F3N4O3. The van der Waals surface area contributed by atoms with Crippen molar-refractivity contribution in [3.63, 3.8) is 0 Å². The molecule has 1 aromatic heterocycles. The van der Waals surface area contributed by atoms with E-state index in [0.717, 1.165) is 12.3 Å². The van der Waals surface area contributed by atoms with E-state index >= 15 is 0 Å². The van der Waals surface area contributed by atoms with E-state index in [-0.39, 0.29) is 11.4 Å². The van der Waals surface area contributed by atoms with E-state index < -0.39 is 29.2 Å². The summed E-state index contributed by atoms with van der Waals surface area (Å²) in [6.07, 6.45) is -2.93. The van der Waals surface area contributed by atoms with Crippen LogP contribution < -0.4 is 15.4 Å². The van der Waals surface area contributed by atoms with E-state index in [4.69, 9.17) is 4.74 Å². The number of hydrogen-bond donors (Lipinski definition) is 2. The third-order valence-electron chi connectivity index (χ3n) is 4.17. The summed E-state index contributed by atoms with van der Waals surface area (Å²) in [6.45, 7) is 3.33. The van der Waals surface area contributed by atoms with Crippen molar-refractivity contribution in [3.8, 4) is 11.4 Å². The Balaban J connectivity index is 1.93. The van der Waals surface area contributed by atoms with Crippen LogP contribution in [0.2, 0.25) is 0 Å². The maximum absolute atomic E-state index is 13.8. The lowest BCUT2D eigenvalue weighted by atomic mass is 10.2. The quantitative estimate of drug-likeness (QED) is 0.572. The summed E-state index contributed by atoms with van der Waals surface area (Å²) in [6, 6.07) is 11.7. The molecule has 3 aromatic rings. The van der Waals surface area contributed by atoms with Crippen molar-refractivity contribution in [2.45, 2.75) is 6.18 Å². The van der Waals surface area contributed by atoms with Gasteiger partial charge in [0.15, 0.2) is 5.69 Å². The summed E-state index contributed by atoms with van der Waals surface area (Å²) in [5, 5.41) is 8.66. The average molecular weight is 430 g/mol. The van der Waals surface area contributed by atoms with Crippen molar-refractivity contribution in [1.29, 1.82) is 0 Å². The number of methoxy groups -OCH3 is 1. The molecule has 2 aromatic carbocycles. The van der Waals surface area contributed by atoms with E-state index in [1.54, 1.807) is 6.07 Å². The Morgan fingerprint density at radius 2 is 1.74 bits per heavy atom. The second-order valence-corrected chi connectivity index (χ2v) is 6.24. The predicted octanol–water partition coefficient (Wildman–Crippen LogP) is 4.28. The first-order chi connectivity index (χ1) is 14.7. The van der Waals surface area contributed by atoms with Gasteiger partial charge in [-0.25, -0.2) is 4.68 Å². The Labute approximate surface area is 175 Å². The van der Waals surface area contributed by atoms with Gasteiger partial charge in [0.1, 0.15) is 5.75 Å². The van der Waals surface area contributed by atoms with Gasteiger partial charge in [0.05, 0.1) is 24.6 Å². The third-order valence-corrected chi connectivity index (χ3v) is 4.17. The fourth-order valence-electron chi connectivity index (χ4n) is 2.77. The minimum absolute atomic E-state index is 0.112. The molecule has 0 atom stereocenters. The number of amides is 2. The molecule has 0 aliphatic carbocycles. The van der Waals surface area contributed by atoms with Crippen LogP contribution in [0.4, 0.5) is 24.5 Å². The van der Waals surface area contributed by atoms with Gasteiger partial charge in [-0.15, -0.1) is 0 Å². The van der Waals surface area contributed by atoms with Crippen LogP contribution in [0.15, 0.2) is 67.4 Å². The second-order valence-electron chi connectivity index (χ2n) is 6.24. The molecule has 0 saturated heterocycles. The van der Waals surface area contributed by atoms with Gasteiger partial charge in [-0.3, -0.25) is 9.59 Å². The molecule has 2 N–H and O–H groups in total. The summed E-state index contributed by atoms with van der Waals surface area (Å²) >= 11 is 0. The van der Waals surface area contributed by atoms with Crippen LogP contribution in [0.25, 0.3) is 5.69 Å². The van der Waals surface area contributed by atoms with Gasteiger partial charge in [0.25, 0.3) is 5.91 Å². The summed E-state index contributed by atoms with van der Waals surface area (Å²) < 4.78 is 47.0. The standard InChI is InChI=1S/C21H17F3N4O3/c1-3-18(29)26-13-5-4-6-14(11-13)27-20(30)17-12-25-28(19(17)21(22,23)24)15-7-9-16(31-2)10-8-15/h3-12H,1H2,2H3,(H,26,29)(H,27,30). The normalized spacial score (nSPS) is 11.0. The fraction of sp³-hybridized carbons (Fsp3) is 0.0952. The number of ether oxygens (including phenoxy) is 1. The number of benzene rings is 2. The topological polar surface area (TPSA) is 85.3 Å². The maximum Gasteiger partial charge on any atom is 0.434 e. The number of alkyl halides is 3. The van der Waals surface area contributed by atoms with Crippen molar-refractivity contribution in [2.24, 2.45) is 0 Å². The molecule has 31 heavy (non-hydrogen) atoms. The number of rotatable bonds is 6. The number of halogens is 3. The molecule has 1 heterocycles. The monoisotopic (exact) mass is 430 g/mol. The van der Waals surface area contributed by atoms with Crippen LogP contribution in [0.3, 0.4) is 0 Å². The number of carbonyl (C=O) groups excluding carboxylic acids is 2. The first-order valence-electron chi connectivity index (χ1n) is 8.87. The Morgan fingerprint density at radius 3 is 2.32 bits per heavy atom. The zero-order chi connectivity index (χ0) is 22.6. The minimum Gasteiger partial charge on any atom is -0.497 e. The van der Waals surface area contributed by atoms with E-state index in [2.05, 4.69) is 22.3 Å². The molecule has 0 unspecified atom stereocenters. The Bertz CT molecular complexity index is 1120. The second kappa shape index (κ2) is 8.74. The minimum atomic E-state index is -4.84. The molecule has 0 radical (unpaired) electrons. The molecule has 0 saturated carbocycles. The Kier molecular flexibility index (Phi) is 6.10. The van der Waals surface area contributed by atoms with Crippen LogP contribution in [0.1, 0.15) is 16.1 Å². The smallest absolute Gasteiger partial charge is 0.434 e. The van der Waals surface area contributed by atoms with Crippen molar-refractivity contribution in [1.82, 2.24) is 9.78 Å². The third kappa shape index (κ3) is 4.92.